The summed E-state index contributed by atoms with van der Waals surface area (Å²) in [6.07, 6.45) is -4.76. The molecule has 0 saturated carbocycles. The van der Waals surface area contributed by atoms with Crippen molar-refractivity contribution >= 4 is 17.3 Å². The smallest absolute Gasteiger partial charge is 0.303 e. The van der Waals surface area contributed by atoms with Crippen LogP contribution in [0.15, 0.2) is 29.1 Å². The number of halogens is 5. The molecule has 0 spiro atoms. The summed E-state index contributed by atoms with van der Waals surface area (Å²) >= 11 is 5.48. The van der Waals surface area contributed by atoms with Gasteiger partial charge in [0.1, 0.15) is 5.82 Å². The van der Waals surface area contributed by atoms with Crippen molar-refractivity contribution in [2.24, 2.45) is 0 Å². The van der Waals surface area contributed by atoms with Gasteiger partial charge in [0.2, 0.25) is 0 Å². The molecule has 0 aliphatic heterocycles. The van der Waals surface area contributed by atoms with Crippen LogP contribution in [0.3, 0.4) is 0 Å². The molecule has 1 aromatic heterocycles. The molecular weight excluding hydrogens is 356 g/mol. The number of hydrogen-bond acceptors (Lipinski definition) is 3. The summed E-state index contributed by atoms with van der Waals surface area (Å²) in [6, 6.07) is 3.17. The number of aryl methyl sites for hydroxylation is 1. The Morgan fingerprint density at radius 1 is 1.29 bits per heavy atom. The molecule has 24 heavy (non-hydrogen) atoms. The second-order valence-electron chi connectivity index (χ2n) is 4.94. The summed E-state index contributed by atoms with van der Waals surface area (Å²) in [5.74, 6) is -1.12. The van der Waals surface area contributed by atoms with Crippen molar-refractivity contribution in [2.75, 3.05) is 0 Å². The number of nitro groups is 1. The average molecular weight is 365 g/mol. The number of hydrogen-bond donors (Lipinski definition) is 0. The molecule has 1 aromatic carbocycles. The van der Waals surface area contributed by atoms with Crippen molar-refractivity contribution < 1.29 is 22.5 Å². The van der Waals surface area contributed by atoms with Crippen LogP contribution in [0, 0.1) is 22.9 Å². The van der Waals surface area contributed by atoms with Crippen molar-refractivity contribution in [3.05, 3.63) is 72.4 Å². The molecule has 0 aliphatic rings. The summed E-state index contributed by atoms with van der Waals surface area (Å²) in [6.45, 7) is 0.792. The average Bonchev–Trinajstić information content (AvgIpc) is 2.45. The van der Waals surface area contributed by atoms with E-state index in [2.05, 4.69) is 0 Å². The third-order valence-corrected chi connectivity index (χ3v) is 3.60. The fourth-order valence-electron chi connectivity index (χ4n) is 2.09. The van der Waals surface area contributed by atoms with Crippen molar-refractivity contribution in [3.63, 3.8) is 0 Å². The molecular formula is C14H9ClF4N2O3. The highest BCUT2D eigenvalue weighted by Crippen LogP contribution is 2.33. The van der Waals surface area contributed by atoms with Gasteiger partial charge in [-0.3, -0.25) is 14.9 Å². The Balaban J connectivity index is 2.61. The lowest BCUT2D eigenvalue weighted by molar-refractivity contribution is -0.386. The molecule has 0 bridgehead atoms. The molecule has 0 saturated heterocycles. The van der Waals surface area contributed by atoms with Gasteiger partial charge in [0.25, 0.3) is 0 Å². The van der Waals surface area contributed by atoms with Crippen molar-refractivity contribution in [1.29, 1.82) is 0 Å². The van der Waals surface area contributed by atoms with Crippen LogP contribution in [0.4, 0.5) is 23.2 Å². The van der Waals surface area contributed by atoms with Crippen LogP contribution >= 0.6 is 11.6 Å². The van der Waals surface area contributed by atoms with Crippen LogP contribution in [0.1, 0.15) is 16.8 Å². The van der Waals surface area contributed by atoms with E-state index in [1.54, 1.807) is 0 Å². The van der Waals surface area contributed by atoms with Gasteiger partial charge in [0.05, 0.1) is 22.1 Å². The van der Waals surface area contributed by atoms with E-state index in [1.165, 1.54) is 13.0 Å². The highest BCUT2D eigenvalue weighted by Gasteiger charge is 2.32. The van der Waals surface area contributed by atoms with Gasteiger partial charge in [0.15, 0.2) is 0 Å². The molecule has 0 fully saturated rings. The van der Waals surface area contributed by atoms with Crippen LogP contribution in [0.25, 0.3) is 0 Å². The zero-order valence-corrected chi connectivity index (χ0v) is 12.8. The largest absolute Gasteiger partial charge is 0.416 e. The minimum atomic E-state index is -4.76. The number of rotatable bonds is 3. The Labute approximate surface area is 137 Å². The van der Waals surface area contributed by atoms with Crippen molar-refractivity contribution in [1.82, 2.24) is 4.57 Å². The van der Waals surface area contributed by atoms with Gasteiger partial charge in [-0.25, -0.2) is 4.39 Å². The van der Waals surface area contributed by atoms with Gasteiger partial charge in [-0.2, -0.15) is 13.2 Å². The summed E-state index contributed by atoms with van der Waals surface area (Å²) in [5, 5.41) is 10.0. The topological polar surface area (TPSA) is 65.1 Å². The summed E-state index contributed by atoms with van der Waals surface area (Å²) in [7, 11) is 0. The van der Waals surface area contributed by atoms with Gasteiger partial charge in [0, 0.05) is 17.3 Å². The lowest BCUT2D eigenvalue weighted by Crippen LogP contribution is -2.25. The summed E-state index contributed by atoms with van der Waals surface area (Å²) in [4.78, 5) is 21.9. The molecule has 0 radical (unpaired) electrons. The van der Waals surface area contributed by atoms with E-state index in [4.69, 9.17) is 11.6 Å². The Morgan fingerprint density at radius 3 is 2.46 bits per heavy atom. The maximum atomic E-state index is 14.0. The van der Waals surface area contributed by atoms with Gasteiger partial charge >= 0.3 is 17.4 Å². The van der Waals surface area contributed by atoms with Crippen LogP contribution in [0.2, 0.25) is 5.02 Å². The Bertz CT molecular complexity index is 878. The quantitative estimate of drug-likeness (QED) is 0.471. The number of benzene rings is 1. The second-order valence-corrected chi connectivity index (χ2v) is 5.34. The van der Waals surface area contributed by atoms with Crippen LogP contribution in [-0.4, -0.2) is 9.49 Å². The molecule has 2 aromatic rings. The van der Waals surface area contributed by atoms with E-state index in [-0.39, 0.29) is 5.69 Å². The van der Waals surface area contributed by atoms with Crippen LogP contribution in [0.5, 0.6) is 0 Å². The first-order valence-corrected chi connectivity index (χ1v) is 6.80. The predicted molar refractivity (Wildman–Crippen MR) is 77.6 cm³/mol. The van der Waals surface area contributed by atoms with Gasteiger partial charge in [-0.15, -0.1) is 0 Å². The Morgan fingerprint density at radius 2 is 1.92 bits per heavy atom. The number of pyridine rings is 1. The molecule has 10 heteroatoms. The molecule has 0 N–H and O–H groups in total. The molecule has 0 amide bonds. The van der Waals surface area contributed by atoms with Gasteiger partial charge in [-0.05, 0) is 25.1 Å². The van der Waals surface area contributed by atoms with E-state index in [0.29, 0.717) is 12.1 Å². The van der Waals surface area contributed by atoms with E-state index in [1.807, 2.05) is 0 Å². The van der Waals surface area contributed by atoms with E-state index in [0.717, 1.165) is 10.6 Å². The zero-order chi connectivity index (χ0) is 18.2. The van der Waals surface area contributed by atoms with E-state index < -0.39 is 50.9 Å². The standard InChI is InChI=1S/C14H9ClF4N2O3/c1-7-2-3-11(21(23)24)13(22)20(7)6-8-4-9(14(17,18)19)5-10(15)12(8)16/h2-5H,6H2,1H3. The zero-order valence-electron chi connectivity index (χ0n) is 12.0. The third kappa shape index (κ3) is 3.40. The fourth-order valence-corrected chi connectivity index (χ4v) is 2.33. The lowest BCUT2D eigenvalue weighted by Gasteiger charge is -2.14. The molecule has 0 atom stereocenters. The maximum Gasteiger partial charge on any atom is 0.416 e. The van der Waals surface area contributed by atoms with Gasteiger partial charge in [-0.1, -0.05) is 11.6 Å². The van der Waals surface area contributed by atoms with Crippen molar-refractivity contribution in [3.8, 4) is 0 Å². The highest BCUT2D eigenvalue weighted by atomic mass is 35.5. The Kier molecular flexibility index (Phi) is 4.66. The van der Waals surface area contributed by atoms with Crippen LogP contribution in [-0.2, 0) is 12.7 Å². The van der Waals surface area contributed by atoms with E-state index >= 15 is 0 Å². The monoisotopic (exact) mass is 364 g/mol. The second kappa shape index (κ2) is 6.23. The molecule has 0 aliphatic carbocycles. The molecule has 0 unspecified atom stereocenters. The highest BCUT2D eigenvalue weighted by molar-refractivity contribution is 6.30. The SMILES string of the molecule is Cc1ccc([N+](=O)[O-])c(=O)n1Cc1cc(C(F)(F)F)cc(Cl)c1F. The molecule has 128 valence electrons. The maximum absolute atomic E-state index is 14.0. The predicted octanol–water partition coefficient (Wildman–Crippen LogP) is 3.92. The number of nitrogens with zero attached hydrogens (tertiary/aromatic N) is 2. The first-order valence-electron chi connectivity index (χ1n) is 6.42. The minimum absolute atomic E-state index is 0.221. The number of alkyl halides is 3. The first kappa shape index (κ1) is 17.9. The number of aromatic nitrogens is 1. The summed E-state index contributed by atoms with van der Waals surface area (Å²) < 4.78 is 53.3. The molecule has 2 rings (SSSR count). The van der Waals surface area contributed by atoms with E-state index in [9.17, 15) is 32.5 Å². The minimum Gasteiger partial charge on any atom is -0.303 e. The molecule has 1 heterocycles. The fraction of sp³-hybridized carbons (Fsp3) is 0.214. The van der Waals surface area contributed by atoms with Crippen molar-refractivity contribution in [2.45, 2.75) is 19.6 Å². The Hall–Kier alpha value is -2.42. The first-order chi connectivity index (χ1) is 11.0. The lowest BCUT2D eigenvalue weighted by atomic mass is 10.1. The van der Waals surface area contributed by atoms with Gasteiger partial charge < -0.3 is 4.57 Å². The molecule has 5 nitrogen and oxygen atoms in total. The summed E-state index contributed by atoms with van der Waals surface area (Å²) in [5.41, 5.74) is -3.27. The van der Waals surface area contributed by atoms with Crippen LogP contribution < -0.4 is 5.56 Å². The third-order valence-electron chi connectivity index (χ3n) is 3.33. The normalized spacial score (nSPS) is 11.6.